The summed E-state index contributed by atoms with van der Waals surface area (Å²) in [4.78, 5) is 14.7. The summed E-state index contributed by atoms with van der Waals surface area (Å²) in [7, 11) is 0. The van der Waals surface area contributed by atoms with Crippen molar-refractivity contribution < 1.29 is 9.90 Å². The van der Waals surface area contributed by atoms with Crippen LogP contribution in [0.5, 0.6) is 0 Å². The van der Waals surface area contributed by atoms with Crippen LogP contribution in [0.4, 0.5) is 0 Å². The van der Waals surface area contributed by atoms with Crippen LogP contribution in [0.1, 0.15) is 24.4 Å². The van der Waals surface area contributed by atoms with Crippen molar-refractivity contribution in [1.29, 1.82) is 0 Å². The molecule has 19 heavy (non-hydrogen) atoms. The Kier molecular flexibility index (Phi) is 4.54. The SMILES string of the molecule is O=C(O)CCCn1nnnc1CCc1ccccn1. The maximum atomic E-state index is 10.5. The van der Waals surface area contributed by atoms with E-state index in [0.29, 0.717) is 19.4 Å². The van der Waals surface area contributed by atoms with E-state index in [9.17, 15) is 4.79 Å². The summed E-state index contributed by atoms with van der Waals surface area (Å²) >= 11 is 0. The molecule has 100 valence electrons. The normalized spacial score (nSPS) is 10.5. The Morgan fingerprint density at radius 1 is 1.32 bits per heavy atom. The molecule has 7 nitrogen and oxygen atoms in total. The van der Waals surface area contributed by atoms with Crippen molar-refractivity contribution in [3.05, 3.63) is 35.9 Å². The van der Waals surface area contributed by atoms with Crippen molar-refractivity contribution in [2.75, 3.05) is 0 Å². The highest BCUT2D eigenvalue weighted by atomic mass is 16.4. The van der Waals surface area contributed by atoms with E-state index >= 15 is 0 Å². The Morgan fingerprint density at radius 2 is 2.21 bits per heavy atom. The summed E-state index contributed by atoms with van der Waals surface area (Å²) in [6.07, 6.45) is 3.86. The minimum absolute atomic E-state index is 0.125. The third kappa shape index (κ3) is 4.13. The average molecular weight is 261 g/mol. The van der Waals surface area contributed by atoms with Gasteiger partial charge in [0.25, 0.3) is 0 Å². The molecule has 2 aromatic rings. The molecule has 0 aliphatic rings. The third-order valence-corrected chi connectivity index (χ3v) is 2.70. The van der Waals surface area contributed by atoms with Crippen molar-refractivity contribution in [2.45, 2.75) is 32.2 Å². The number of carboxylic acids is 1. The number of nitrogens with zero attached hydrogens (tertiary/aromatic N) is 5. The quantitative estimate of drug-likeness (QED) is 0.789. The summed E-state index contributed by atoms with van der Waals surface area (Å²) in [5.41, 5.74) is 0.989. The highest BCUT2D eigenvalue weighted by molar-refractivity contribution is 5.66. The molecule has 0 saturated heterocycles. The zero-order valence-electron chi connectivity index (χ0n) is 10.4. The number of rotatable bonds is 7. The van der Waals surface area contributed by atoms with Gasteiger partial charge in [0.15, 0.2) is 5.82 Å². The van der Waals surface area contributed by atoms with E-state index in [1.807, 2.05) is 18.2 Å². The standard InChI is InChI=1S/C12H15N5O2/c18-12(19)5-3-9-17-11(14-15-16-17)7-6-10-4-1-2-8-13-10/h1-2,4,8H,3,5-7,9H2,(H,18,19). The van der Waals surface area contributed by atoms with Crippen LogP contribution in [0.2, 0.25) is 0 Å². The van der Waals surface area contributed by atoms with E-state index in [1.54, 1.807) is 10.9 Å². The van der Waals surface area contributed by atoms with Crippen LogP contribution in [0.15, 0.2) is 24.4 Å². The van der Waals surface area contributed by atoms with Crippen LogP contribution in [-0.4, -0.2) is 36.3 Å². The lowest BCUT2D eigenvalue weighted by atomic mass is 10.2. The third-order valence-electron chi connectivity index (χ3n) is 2.70. The van der Waals surface area contributed by atoms with Crippen molar-refractivity contribution in [1.82, 2.24) is 25.2 Å². The smallest absolute Gasteiger partial charge is 0.303 e. The van der Waals surface area contributed by atoms with E-state index in [-0.39, 0.29) is 6.42 Å². The molecule has 0 bridgehead atoms. The van der Waals surface area contributed by atoms with Crippen LogP contribution >= 0.6 is 0 Å². The molecule has 0 radical (unpaired) electrons. The maximum absolute atomic E-state index is 10.5. The van der Waals surface area contributed by atoms with E-state index < -0.39 is 5.97 Å². The molecule has 0 atom stereocenters. The zero-order chi connectivity index (χ0) is 13.5. The first-order valence-electron chi connectivity index (χ1n) is 6.12. The van der Waals surface area contributed by atoms with Crippen molar-refractivity contribution >= 4 is 5.97 Å². The van der Waals surface area contributed by atoms with Gasteiger partial charge in [-0.05, 0) is 35.4 Å². The second-order valence-corrected chi connectivity index (χ2v) is 4.14. The van der Waals surface area contributed by atoms with Crippen molar-refractivity contribution in [2.24, 2.45) is 0 Å². The van der Waals surface area contributed by atoms with Gasteiger partial charge in [-0.15, -0.1) is 5.10 Å². The molecule has 1 N–H and O–H groups in total. The average Bonchev–Trinajstić information content (AvgIpc) is 2.85. The number of aryl methyl sites for hydroxylation is 3. The Bertz CT molecular complexity index is 526. The second-order valence-electron chi connectivity index (χ2n) is 4.14. The summed E-state index contributed by atoms with van der Waals surface area (Å²) in [5, 5.41) is 20.0. The molecule has 2 heterocycles. The molecule has 0 spiro atoms. The van der Waals surface area contributed by atoms with Gasteiger partial charge in [-0.1, -0.05) is 6.07 Å². The van der Waals surface area contributed by atoms with Gasteiger partial charge in [-0.3, -0.25) is 9.78 Å². The van der Waals surface area contributed by atoms with Crippen LogP contribution in [0.3, 0.4) is 0 Å². The number of aliphatic carboxylic acids is 1. The first kappa shape index (κ1) is 13.1. The van der Waals surface area contributed by atoms with E-state index in [0.717, 1.165) is 17.9 Å². The molecule has 0 aromatic carbocycles. The number of tetrazole rings is 1. The predicted octanol–water partition coefficient (Wildman–Crippen LogP) is 0.718. The van der Waals surface area contributed by atoms with Crippen LogP contribution in [0.25, 0.3) is 0 Å². The fourth-order valence-electron chi connectivity index (χ4n) is 1.74. The van der Waals surface area contributed by atoms with Gasteiger partial charge in [-0.2, -0.15) is 0 Å². The van der Waals surface area contributed by atoms with Gasteiger partial charge < -0.3 is 5.11 Å². The van der Waals surface area contributed by atoms with Crippen molar-refractivity contribution in [3.63, 3.8) is 0 Å². The largest absolute Gasteiger partial charge is 0.481 e. The highest BCUT2D eigenvalue weighted by Gasteiger charge is 2.07. The molecule has 0 aliphatic carbocycles. The van der Waals surface area contributed by atoms with E-state index in [4.69, 9.17) is 5.11 Å². The lowest BCUT2D eigenvalue weighted by Gasteiger charge is -2.03. The summed E-state index contributed by atoms with van der Waals surface area (Å²) in [6.45, 7) is 0.525. The molecule has 2 rings (SSSR count). The van der Waals surface area contributed by atoms with E-state index in [2.05, 4.69) is 20.5 Å². The first-order chi connectivity index (χ1) is 9.25. The van der Waals surface area contributed by atoms with Gasteiger partial charge in [-0.25, -0.2) is 4.68 Å². The fraction of sp³-hybridized carbons (Fsp3) is 0.417. The van der Waals surface area contributed by atoms with Gasteiger partial charge in [0.1, 0.15) is 0 Å². The van der Waals surface area contributed by atoms with E-state index in [1.165, 1.54) is 0 Å². The fourth-order valence-corrected chi connectivity index (χ4v) is 1.74. The molecule has 2 aromatic heterocycles. The van der Waals surface area contributed by atoms with Crippen LogP contribution in [0, 0.1) is 0 Å². The summed E-state index contributed by atoms with van der Waals surface area (Å²) in [5.74, 6) is -0.0425. The Hall–Kier alpha value is -2.31. The Labute approximate surface area is 110 Å². The molecule has 7 heteroatoms. The lowest BCUT2D eigenvalue weighted by molar-refractivity contribution is -0.137. The number of aromatic nitrogens is 5. The number of pyridine rings is 1. The minimum Gasteiger partial charge on any atom is -0.481 e. The maximum Gasteiger partial charge on any atom is 0.303 e. The first-order valence-corrected chi connectivity index (χ1v) is 6.12. The van der Waals surface area contributed by atoms with Gasteiger partial charge in [0.05, 0.1) is 0 Å². The number of hydrogen-bond acceptors (Lipinski definition) is 5. The molecule has 0 fully saturated rings. The lowest BCUT2D eigenvalue weighted by Crippen LogP contribution is -2.09. The van der Waals surface area contributed by atoms with Gasteiger partial charge in [0, 0.05) is 31.3 Å². The zero-order valence-corrected chi connectivity index (χ0v) is 10.4. The Balaban J connectivity index is 1.87. The number of hydrogen-bond donors (Lipinski definition) is 1. The Morgan fingerprint density at radius 3 is 2.95 bits per heavy atom. The van der Waals surface area contributed by atoms with Gasteiger partial charge >= 0.3 is 5.97 Å². The molecule has 0 aliphatic heterocycles. The molecular formula is C12H15N5O2. The highest BCUT2D eigenvalue weighted by Crippen LogP contribution is 2.03. The molecule has 0 saturated carbocycles. The molecule has 0 unspecified atom stereocenters. The molecule has 0 amide bonds. The number of carbonyl (C=O) groups is 1. The van der Waals surface area contributed by atoms with Gasteiger partial charge in [0.2, 0.25) is 0 Å². The van der Waals surface area contributed by atoms with Crippen LogP contribution in [-0.2, 0) is 24.2 Å². The predicted molar refractivity (Wildman–Crippen MR) is 66.3 cm³/mol. The van der Waals surface area contributed by atoms with Crippen LogP contribution < -0.4 is 0 Å². The monoisotopic (exact) mass is 261 g/mol. The summed E-state index contributed by atoms with van der Waals surface area (Å²) < 4.78 is 1.66. The topological polar surface area (TPSA) is 93.8 Å². The summed E-state index contributed by atoms with van der Waals surface area (Å²) in [6, 6.07) is 5.77. The second kappa shape index (κ2) is 6.58. The number of carboxylic acid groups (broad SMARTS) is 1. The van der Waals surface area contributed by atoms with Crippen molar-refractivity contribution in [3.8, 4) is 0 Å². The molecular weight excluding hydrogens is 246 g/mol. The minimum atomic E-state index is -0.803.